The van der Waals surface area contributed by atoms with Crippen molar-refractivity contribution in [1.29, 1.82) is 0 Å². The van der Waals surface area contributed by atoms with Gasteiger partial charge in [0.05, 0.1) is 6.61 Å². The molecule has 3 nitrogen and oxygen atoms in total. The monoisotopic (exact) mass is 244 g/mol. The first kappa shape index (κ1) is 16.9. The van der Waals surface area contributed by atoms with E-state index in [9.17, 15) is 5.11 Å². The topological polar surface area (TPSA) is 35.5 Å². The predicted molar refractivity (Wildman–Crippen MR) is 75.4 cm³/mol. The van der Waals surface area contributed by atoms with Crippen molar-refractivity contribution in [2.75, 3.05) is 26.7 Å². The van der Waals surface area contributed by atoms with Crippen molar-refractivity contribution in [1.82, 2.24) is 10.2 Å². The SMILES string of the molecule is CCCNC(CC)(CO)CCCN(C)C(C)C. The van der Waals surface area contributed by atoms with E-state index < -0.39 is 0 Å². The first-order valence-electron chi connectivity index (χ1n) is 7.07. The van der Waals surface area contributed by atoms with Gasteiger partial charge in [0, 0.05) is 11.6 Å². The summed E-state index contributed by atoms with van der Waals surface area (Å²) in [6.07, 6.45) is 4.30. The van der Waals surface area contributed by atoms with Gasteiger partial charge in [0.2, 0.25) is 0 Å². The van der Waals surface area contributed by atoms with E-state index in [1.165, 1.54) is 0 Å². The van der Waals surface area contributed by atoms with Crippen LogP contribution in [-0.2, 0) is 0 Å². The smallest absolute Gasteiger partial charge is 0.0613 e. The normalized spacial score (nSPS) is 15.5. The van der Waals surface area contributed by atoms with E-state index in [1.807, 2.05) is 0 Å². The molecule has 2 N–H and O–H groups in total. The number of nitrogens with zero attached hydrogens (tertiary/aromatic N) is 1. The second-order valence-electron chi connectivity index (χ2n) is 5.40. The lowest BCUT2D eigenvalue weighted by atomic mass is 9.91. The molecule has 0 radical (unpaired) electrons. The Hall–Kier alpha value is -0.120. The molecule has 0 fully saturated rings. The van der Waals surface area contributed by atoms with Crippen molar-refractivity contribution in [2.45, 2.75) is 65.0 Å². The van der Waals surface area contributed by atoms with Crippen LogP contribution in [0.15, 0.2) is 0 Å². The Kier molecular flexibility index (Phi) is 8.83. The molecule has 0 aromatic carbocycles. The summed E-state index contributed by atoms with van der Waals surface area (Å²) >= 11 is 0. The van der Waals surface area contributed by atoms with Gasteiger partial charge in [-0.15, -0.1) is 0 Å². The van der Waals surface area contributed by atoms with E-state index in [4.69, 9.17) is 0 Å². The zero-order valence-corrected chi connectivity index (χ0v) is 12.4. The van der Waals surface area contributed by atoms with Crippen molar-refractivity contribution in [2.24, 2.45) is 0 Å². The molecule has 0 bridgehead atoms. The standard InChI is InChI=1S/C14H32N2O/c1-6-10-15-14(7-2,12-17)9-8-11-16(5)13(3)4/h13,15,17H,6-12H2,1-5H3. The van der Waals surface area contributed by atoms with Crippen LogP contribution < -0.4 is 5.32 Å². The molecule has 0 heterocycles. The fourth-order valence-corrected chi connectivity index (χ4v) is 1.95. The van der Waals surface area contributed by atoms with Gasteiger partial charge in [-0.25, -0.2) is 0 Å². The lowest BCUT2D eigenvalue weighted by Crippen LogP contribution is -2.48. The van der Waals surface area contributed by atoms with Crippen LogP contribution in [0.5, 0.6) is 0 Å². The van der Waals surface area contributed by atoms with E-state index in [2.05, 4.69) is 45.0 Å². The Labute approximate surface area is 108 Å². The maximum atomic E-state index is 9.60. The Morgan fingerprint density at radius 1 is 1.29 bits per heavy atom. The molecular formula is C14H32N2O. The molecule has 0 aromatic heterocycles. The van der Waals surface area contributed by atoms with Crippen LogP contribution in [0.4, 0.5) is 0 Å². The quantitative estimate of drug-likeness (QED) is 0.619. The molecule has 0 spiro atoms. The van der Waals surface area contributed by atoms with Crippen LogP contribution in [0.1, 0.15) is 53.4 Å². The molecule has 1 unspecified atom stereocenters. The molecule has 0 aliphatic carbocycles. The van der Waals surface area contributed by atoms with Gasteiger partial charge in [-0.05, 0) is 59.7 Å². The number of hydrogen-bond acceptors (Lipinski definition) is 3. The fourth-order valence-electron chi connectivity index (χ4n) is 1.95. The number of rotatable bonds is 10. The Morgan fingerprint density at radius 3 is 2.35 bits per heavy atom. The summed E-state index contributed by atoms with van der Waals surface area (Å²) < 4.78 is 0. The number of hydrogen-bond donors (Lipinski definition) is 2. The highest BCUT2D eigenvalue weighted by atomic mass is 16.3. The summed E-state index contributed by atoms with van der Waals surface area (Å²) in [5, 5.41) is 13.1. The predicted octanol–water partition coefficient (Wildman–Crippen LogP) is 2.25. The minimum absolute atomic E-state index is 0.0617. The van der Waals surface area contributed by atoms with Gasteiger partial charge in [-0.2, -0.15) is 0 Å². The zero-order valence-electron chi connectivity index (χ0n) is 12.4. The molecule has 0 saturated heterocycles. The molecule has 0 rings (SSSR count). The highest BCUT2D eigenvalue weighted by Crippen LogP contribution is 2.17. The van der Waals surface area contributed by atoms with Crippen molar-refractivity contribution in [3.8, 4) is 0 Å². The van der Waals surface area contributed by atoms with E-state index in [-0.39, 0.29) is 12.1 Å². The Morgan fingerprint density at radius 2 is 1.94 bits per heavy atom. The zero-order chi connectivity index (χ0) is 13.3. The van der Waals surface area contributed by atoms with Crippen LogP contribution in [0.3, 0.4) is 0 Å². The third kappa shape index (κ3) is 6.39. The van der Waals surface area contributed by atoms with Gasteiger partial charge in [0.25, 0.3) is 0 Å². The third-order valence-electron chi connectivity index (χ3n) is 3.78. The molecule has 104 valence electrons. The maximum Gasteiger partial charge on any atom is 0.0613 e. The summed E-state index contributed by atoms with van der Waals surface area (Å²) in [4.78, 5) is 2.36. The van der Waals surface area contributed by atoms with E-state index >= 15 is 0 Å². The fraction of sp³-hybridized carbons (Fsp3) is 1.00. The summed E-state index contributed by atoms with van der Waals surface area (Å²) in [6.45, 7) is 11.1. The van der Waals surface area contributed by atoms with Gasteiger partial charge in [0.15, 0.2) is 0 Å². The molecule has 0 aliphatic heterocycles. The van der Waals surface area contributed by atoms with Gasteiger partial charge < -0.3 is 15.3 Å². The number of aliphatic hydroxyl groups excluding tert-OH is 1. The average molecular weight is 244 g/mol. The largest absolute Gasteiger partial charge is 0.394 e. The van der Waals surface area contributed by atoms with Gasteiger partial charge in [-0.1, -0.05) is 13.8 Å². The summed E-state index contributed by atoms with van der Waals surface area (Å²) in [5.74, 6) is 0. The average Bonchev–Trinajstić information content (AvgIpc) is 2.33. The van der Waals surface area contributed by atoms with Crippen LogP contribution in [0, 0.1) is 0 Å². The maximum absolute atomic E-state index is 9.60. The van der Waals surface area contributed by atoms with E-state index in [1.54, 1.807) is 0 Å². The van der Waals surface area contributed by atoms with Crippen LogP contribution in [0.2, 0.25) is 0 Å². The van der Waals surface area contributed by atoms with Gasteiger partial charge in [0.1, 0.15) is 0 Å². The van der Waals surface area contributed by atoms with Crippen molar-refractivity contribution in [3.63, 3.8) is 0 Å². The van der Waals surface area contributed by atoms with E-state index in [0.717, 1.165) is 38.8 Å². The first-order chi connectivity index (χ1) is 8.01. The summed E-state index contributed by atoms with van der Waals surface area (Å²) in [7, 11) is 2.16. The molecule has 17 heavy (non-hydrogen) atoms. The van der Waals surface area contributed by atoms with E-state index in [0.29, 0.717) is 6.04 Å². The van der Waals surface area contributed by atoms with Gasteiger partial charge in [-0.3, -0.25) is 0 Å². The van der Waals surface area contributed by atoms with Gasteiger partial charge >= 0.3 is 0 Å². The van der Waals surface area contributed by atoms with Crippen molar-refractivity contribution >= 4 is 0 Å². The molecule has 0 amide bonds. The first-order valence-corrected chi connectivity index (χ1v) is 7.07. The second kappa shape index (κ2) is 8.90. The highest BCUT2D eigenvalue weighted by molar-refractivity contribution is 4.86. The van der Waals surface area contributed by atoms with Crippen LogP contribution >= 0.6 is 0 Å². The minimum atomic E-state index is -0.0617. The molecule has 3 heteroatoms. The Bertz CT molecular complexity index is 179. The highest BCUT2D eigenvalue weighted by Gasteiger charge is 2.25. The Balaban J connectivity index is 4.07. The lowest BCUT2D eigenvalue weighted by Gasteiger charge is -2.33. The minimum Gasteiger partial charge on any atom is -0.394 e. The van der Waals surface area contributed by atoms with Crippen LogP contribution in [0.25, 0.3) is 0 Å². The third-order valence-corrected chi connectivity index (χ3v) is 3.78. The summed E-state index contributed by atoms with van der Waals surface area (Å²) in [6, 6.07) is 0.601. The second-order valence-corrected chi connectivity index (χ2v) is 5.40. The van der Waals surface area contributed by atoms with Crippen LogP contribution in [-0.4, -0.2) is 48.3 Å². The van der Waals surface area contributed by atoms with Crippen molar-refractivity contribution in [3.05, 3.63) is 0 Å². The number of nitrogens with one attached hydrogen (secondary N) is 1. The molecule has 0 aromatic rings. The molecule has 0 saturated carbocycles. The number of aliphatic hydroxyl groups is 1. The molecule has 0 aliphatic rings. The lowest BCUT2D eigenvalue weighted by molar-refractivity contribution is 0.138. The van der Waals surface area contributed by atoms with Crippen molar-refractivity contribution < 1.29 is 5.11 Å². The molecule has 1 atom stereocenters. The molecular weight excluding hydrogens is 212 g/mol. The summed E-state index contributed by atoms with van der Waals surface area (Å²) in [5.41, 5.74) is -0.0617.